The van der Waals surface area contributed by atoms with E-state index in [1.54, 1.807) is 18.4 Å². The average Bonchev–Trinajstić information content (AvgIpc) is 3.21. The fourth-order valence-corrected chi connectivity index (χ4v) is 3.63. The normalized spacial score (nSPS) is 11.0. The van der Waals surface area contributed by atoms with Gasteiger partial charge >= 0.3 is 12.3 Å². The number of hydrogen-bond donors (Lipinski definition) is 1. The molecule has 0 saturated carbocycles. The number of aryl methyl sites for hydroxylation is 1. The summed E-state index contributed by atoms with van der Waals surface area (Å²) in [6, 6.07) is 4.43. The number of benzene rings is 1. The van der Waals surface area contributed by atoms with Gasteiger partial charge in [-0.2, -0.15) is 13.9 Å². The SMILES string of the molecule is Cc1nn(Cc2csc(C(=O)Nc3ccc(F)cc3OC(F)F)c2)c(C)c1[N+](=O)[O-]. The van der Waals surface area contributed by atoms with E-state index in [-0.39, 0.29) is 28.5 Å². The predicted molar refractivity (Wildman–Crippen MR) is 103 cm³/mol. The summed E-state index contributed by atoms with van der Waals surface area (Å²) in [6.45, 7) is 0.147. The van der Waals surface area contributed by atoms with Crippen LogP contribution in [0.1, 0.15) is 26.6 Å². The first-order valence-corrected chi connectivity index (χ1v) is 9.35. The van der Waals surface area contributed by atoms with Crippen LogP contribution in [0.5, 0.6) is 5.75 Å². The first kappa shape index (κ1) is 21.3. The number of ether oxygens (including phenoxy) is 1. The van der Waals surface area contributed by atoms with E-state index < -0.39 is 29.0 Å². The summed E-state index contributed by atoms with van der Waals surface area (Å²) in [5, 5.41) is 19.4. The topological polar surface area (TPSA) is 99.3 Å². The van der Waals surface area contributed by atoms with Gasteiger partial charge in [0.15, 0.2) is 5.75 Å². The number of anilines is 1. The van der Waals surface area contributed by atoms with Crippen LogP contribution < -0.4 is 10.1 Å². The molecule has 1 N–H and O–H groups in total. The number of aromatic nitrogens is 2. The highest BCUT2D eigenvalue weighted by molar-refractivity contribution is 7.12. The van der Waals surface area contributed by atoms with Gasteiger partial charge in [0.05, 0.1) is 22.0 Å². The predicted octanol–water partition coefficient (Wildman–Crippen LogP) is 4.51. The quantitative estimate of drug-likeness (QED) is 0.430. The van der Waals surface area contributed by atoms with Gasteiger partial charge in [0.25, 0.3) is 5.91 Å². The monoisotopic (exact) mass is 440 g/mol. The van der Waals surface area contributed by atoms with Crippen LogP contribution in [0.25, 0.3) is 0 Å². The zero-order chi connectivity index (χ0) is 22.0. The number of nitro groups is 1. The highest BCUT2D eigenvalue weighted by atomic mass is 32.1. The number of rotatable bonds is 7. The molecule has 12 heteroatoms. The van der Waals surface area contributed by atoms with Crippen LogP contribution in [0, 0.1) is 29.8 Å². The minimum absolute atomic E-state index is 0.0638. The number of hydrogen-bond acceptors (Lipinski definition) is 6. The molecule has 2 heterocycles. The molecular weight excluding hydrogens is 425 g/mol. The maximum absolute atomic E-state index is 13.3. The minimum Gasteiger partial charge on any atom is -0.432 e. The number of thiophene rings is 1. The van der Waals surface area contributed by atoms with Gasteiger partial charge in [0, 0.05) is 6.07 Å². The van der Waals surface area contributed by atoms with Crippen LogP contribution >= 0.6 is 11.3 Å². The van der Waals surface area contributed by atoms with Crippen LogP contribution in [-0.2, 0) is 6.54 Å². The minimum atomic E-state index is -3.18. The molecule has 3 aromatic rings. The molecule has 158 valence electrons. The van der Waals surface area contributed by atoms with Crippen LogP contribution in [0.3, 0.4) is 0 Å². The lowest BCUT2D eigenvalue weighted by Crippen LogP contribution is -2.13. The fourth-order valence-electron chi connectivity index (χ4n) is 2.83. The largest absolute Gasteiger partial charge is 0.432 e. The molecule has 0 bridgehead atoms. The second-order valence-electron chi connectivity index (χ2n) is 6.23. The standard InChI is InChI=1S/C18H15F3N4O4S/c1-9-16(25(27)28)10(2)24(23-9)7-11-5-15(30-8-11)17(26)22-13-4-3-12(19)6-14(13)29-18(20)21/h3-6,8,18H,7H2,1-2H3,(H,22,26). The number of carbonyl (C=O) groups is 1. The van der Waals surface area contributed by atoms with E-state index >= 15 is 0 Å². The highest BCUT2D eigenvalue weighted by Crippen LogP contribution is 2.29. The molecule has 0 radical (unpaired) electrons. The summed E-state index contributed by atoms with van der Waals surface area (Å²) in [5.41, 5.74) is 1.18. The van der Waals surface area contributed by atoms with Crippen LogP contribution in [0.15, 0.2) is 29.6 Å². The molecular formula is C18H15F3N4O4S. The molecule has 8 nitrogen and oxygen atoms in total. The number of carbonyl (C=O) groups excluding carboxylic acids is 1. The van der Waals surface area contributed by atoms with Crippen molar-refractivity contribution < 1.29 is 27.6 Å². The Morgan fingerprint density at radius 2 is 2.10 bits per heavy atom. The van der Waals surface area contributed by atoms with E-state index in [2.05, 4.69) is 15.2 Å². The van der Waals surface area contributed by atoms with Gasteiger partial charge in [-0.3, -0.25) is 19.6 Å². The van der Waals surface area contributed by atoms with Gasteiger partial charge in [-0.25, -0.2) is 4.39 Å². The Morgan fingerprint density at radius 3 is 2.73 bits per heavy atom. The molecule has 0 unspecified atom stereocenters. The van der Waals surface area contributed by atoms with E-state index in [9.17, 15) is 28.1 Å². The highest BCUT2D eigenvalue weighted by Gasteiger charge is 2.22. The number of amides is 1. The number of nitrogens with zero attached hydrogens (tertiary/aromatic N) is 3. The molecule has 0 aliphatic rings. The Morgan fingerprint density at radius 1 is 1.37 bits per heavy atom. The first-order valence-electron chi connectivity index (χ1n) is 8.47. The van der Waals surface area contributed by atoms with Gasteiger partial charge in [-0.1, -0.05) is 0 Å². The Kier molecular flexibility index (Phi) is 6.06. The summed E-state index contributed by atoms with van der Waals surface area (Å²) >= 11 is 1.09. The Hall–Kier alpha value is -3.41. The van der Waals surface area contributed by atoms with Crippen molar-refractivity contribution in [3.8, 4) is 5.75 Å². The van der Waals surface area contributed by atoms with Crippen molar-refractivity contribution in [3.05, 3.63) is 67.4 Å². The molecule has 0 aliphatic heterocycles. The summed E-state index contributed by atoms with van der Waals surface area (Å²) in [5.74, 6) is -1.89. The lowest BCUT2D eigenvalue weighted by Gasteiger charge is -2.11. The first-order chi connectivity index (χ1) is 14.2. The van der Waals surface area contributed by atoms with Crippen LogP contribution in [0.2, 0.25) is 0 Å². The fraction of sp³-hybridized carbons (Fsp3) is 0.222. The molecule has 0 spiro atoms. The number of halogens is 3. The second-order valence-corrected chi connectivity index (χ2v) is 7.14. The summed E-state index contributed by atoms with van der Waals surface area (Å²) in [7, 11) is 0. The zero-order valence-electron chi connectivity index (χ0n) is 15.7. The molecule has 2 aromatic heterocycles. The zero-order valence-corrected chi connectivity index (χ0v) is 16.5. The lowest BCUT2D eigenvalue weighted by molar-refractivity contribution is -0.386. The van der Waals surface area contributed by atoms with Crippen molar-refractivity contribution in [2.75, 3.05) is 5.32 Å². The Bertz CT molecular complexity index is 1110. The molecule has 1 aromatic carbocycles. The molecule has 0 atom stereocenters. The summed E-state index contributed by atoms with van der Waals surface area (Å²) < 4.78 is 44.0. The third kappa shape index (κ3) is 4.59. The molecule has 3 rings (SSSR count). The van der Waals surface area contributed by atoms with Gasteiger partial charge in [0.1, 0.15) is 17.2 Å². The summed E-state index contributed by atoms with van der Waals surface area (Å²) in [6.07, 6.45) is 0. The molecule has 0 fully saturated rings. The van der Waals surface area contributed by atoms with Crippen molar-refractivity contribution >= 4 is 28.6 Å². The third-order valence-corrected chi connectivity index (χ3v) is 5.12. The number of nitrogens with one attached hydrogen (secondary N) is 1. The average molecular weight is 440 g/mol. The van der Waals surface area contributed by atoms with E-state index in [1.165, 1.54) is 11.6 Å². The Balaban J connectivity index is 1.77. The maximum atomic E-state index is 13.3. The maximum Gasteiger partial charge on any atom is 0.387 e. The van der Waals surface area contributed by atoms with Crippen LogP contribution in [-0.4, -0.2) is 27.2 Å². The van der Waals surface area contributed by atoms with Gasteiger partial charge < -0.3 is 10.1 Å². The molecule has 1 amide bonds. The molecule has 0 aliphatic carbocycles. The Labute approximate surface area is 172 Å². The van der Waals surface area contributed by atoms with E-state index in [0.29, 0.717) is 11.3 Å². The van der Waals surface area contributed by atoms with Crippen LogP contribution in [0.4, 0.5) is 24.5 Å². The van der Waals surface area contributed by atoms with Crippen molar-refractivity contribution in [2.45, 2.75) is 27.0 Å². The summed E-state index contributed by atoms with van der Waals surface area (Å²) in [4.78, 5) is 23.3. The smallest absolute Gasteiger partial charge is 0.387 e. The van der Waals surface area contributed by atoms with E-state index in [1.807, 2.05) is 0 Å². The van der Waals surface area contributed by atoms with Crippen molar-refractivity contribution in [1.82, 2.24) is 9.78 Å². The van der Waals surface area contributed by atoms with Crippen molar-refractivity contribution in [2.24, 2.45) is 0 Å². The van der Waals surface area contributed by atoms with Gasteiger partial charge in [0.2, 0.25) is 0 Å². The third-order valence-electron chi connectivity index (χ3n) is 4.14. The second kappa shape index (κ2) is 8.53. The lowest BCUT2D eigenvalue weighted by atomic mass is 10.2. The van der Waals surface area contributed by atoms with Gasteiger partial charge in [-0.15, -0.1) is 11.3 Å². The van der Waals surface area contributed by atoms with Crippen molar-refractivity contribution in [1.29, 1.82) is 0 Å². The van der Waals surface area contributed by atoms with Gasteiger partial charge in [-0.05, 0) is 43.0 Å². The van der Waals surface area contributed by atoms with Crippen molar-refractivity contribution in [3.63, 3.8) is 0 Å². The number of alkyl halides is 2. The molecule has 30 heavy (non-hydrogen) atoms. The van der Waals surface area contributed by atoms with E-state index in [4.69, 9.17) is 0 Å². The molecule has 0 saturated heterocycles. The van der Waals surface area contributed by atoms with E-state index in [0.717, 1.165) is 29.5 Å².